The van der Waals surface area contributed by atoms with E-state index in [4.69, 9.17) is 0 Å². The van der Waals surface area contributed by atoms with E-state index in [0.29, 0.717) is 0 Å². The molecule has 0 aliphatic heterocycles. The van der Waals surface area contributed by atoms with Crippen molar-refractivity contribution in [1.29, 1.82) is 0 Å². The molecule has 0 unspecified atom stereocenters. The molecule has 0 fully saturated rings. The van der Waals surface area contributed by atoms with E-state index >= 15 is 0 Å². The Labute approximate surface area is 839 Å². The van der Waals surface area contributed by atoms with Crippen molar-refractivity contribution >= 4 is 142 Å². The topological polar surface area (TPSA) is 6.48 Å². The summed E-state index contributed by atoms with van der Waals surface area (Å²) < 4.78 is 0. The lowest BCUT2D eigenvalue weighted by Gasteiger charge is -2.30. The van der Waals surface area contributed by atoms with Crippen LogP contribution in [-0.2, 0) is 10.8 Å². The normalized spacial score (nSPS) is 12.7. The monoisotopic (exact) mass is 1830 g/mol. The Morgan fingerprint density at radius 1 is 0.139 bits per heavy atom. The molecule has 26 aromatic carbocycles. The summed E-state index contributed by atoms with van der Waals surface area (Å²) in [5.41, 5.74) is 36.9. The van der Waals surface area contributed by atoms with E-state index in [-0.39, 0.29) is 10.8 Å². The SMILES string of the molecule is CC1(C)c2ccccc2-c2ccc(N(c3ccc4c(c3)C(C)(C)c3ccccc3-4)c3ccc4cc(-c5ccc6c(c5)c5ccccc5c5c(-c7ccccc7)cc(-c7ccccc7)c(-c7ccccc7)c65)ccc4c3)cc21.c1ccc(-c2cc(-c3ccccc3)c3c4ccccc4c4cc(-c5ccc6cc(N(c7cccc8ccccc78)c7cccc8ccccc78)ccc6c5)ccc4c3c2-c2ccccc2)cc1. The predicted molar refractivity (Wildman–Crippen MR) is 616 cm³/mol. The summed E-state index contributed by atoms with van der Waals surface area (Å²) in [7, 11) is 0. The van der Waals surface area contributed by atoms with Gasteiger partial charge in [0.25, 0.3) is 0 Å². The predicted octanol–water partition coefficient (Wildman–Crippen LogP) is 39.8. The van der Waals surface area contributed by atoms with Crippen molar-refractivity contribution in [3.8, 4) is 111 Å². The number of anilines is 6. The van der Waals surface area contributed by atoms with E-state index in [0.717, 1.165) is 34.1 Å². The maximum atomic E-state index is 2.49. The Kier molecular flexibility index (Phi) is 20.4. The van der Waals surface area contributed by atoms with Crippen LogP contribution in [0.15, 0.2) is 522 Å². The molecule has 0 radical (unpaired) electrons. The van der Waals surface area contributed by atoms with Crippen LogP contribution < -0.4 is 9.80 Å². The van der Waals surface area contributed by atoms with E-state index < -0.39 is 0 Å². The smallest absolute Gasteiger partial charge is 0.0540 e. The summed E-state index contributed by atoms with van der Waals surface area (Å²) in [6.45, 7) is 9.50. The molecule has 2 nitrogen and oxygen atoms in total. The number of rotatable bonds is 14. The molecule has 26 aromatic rings. The lowest BCUT2D eigenvalue weighted by Crippen LogP contribution is -2.18. The summed E-state index contributed by atoms with van der Waals surface area (Å²) in [6, 6.07) is 194. The Hall–Kier alpha value is -18.1. The van der Waals surface area contributed by atoms with Crippen molar-refractivity contribution in [3.63, 3.8) is 0 Å². The lowest BCUT2D eigenvalue weighted by molar-refractivity contribution is 0.660. The molecule has 0 saturated carbocycles. The molecule has 0 bridgehead atoms. The minimum Gasteiger partial charge on any atom is -0.310 e. The molecule has 0 aromatic heterocycles. The Balaban J connectivity index is 0.000000145. The van der Waals surface area contributed by atoms with Crippen LogP contribution in [0.4, 0.5) is 34.1 Å². The zero-order chi connectivity index (χ0) is 95.8. The third-order valence-electron chi connectivity index (χ3n) is 31.2. The third-order valence-corrected chi connectivity index (χ3v) is 31.2. The Bertz CT molecular complexity index is 9480. The van der Waals surface area contributed by atoms with Crippen LogP contribution >= 0.6 is 0 Å². The molecule has 2 aliphatic rings. The second-order valence-electron chi connectivity index (χ2n) is 40.0. The van der Waals surface area contributed by atoms with Gasteiger partial charge < -0.3 is 9.80 Å². The number of fused-ring (bicyclic) bond motifs is 22. The molecule has 0 amide bonds. The van der Waals surface area contributed by atoms with Crippen LogP contribution in [0.25, 0.3) is 219 Å². The van der Waals surface area contributed by atoms with E-state index in [9.17, 15) is 0 Å². The molecule has 0 spiro atoms. The van der Waals surface area contributed by atoms with E-state index in [1.165, 1.54) is 241 Å². The number of benzene rings is 26. The van der Waals surface area contributed by atoms with Gasteiger partial charge in [0.05, 0.1) is 11.4 Å². The molecule has 0 atom stereocenters. The molecule has 676 valence electrons. The van der Waals surface area contributed by atoms with E-state index in [1.807, 2.05) is 0 Å². The van der Waals surface area contributed by atoms with Gasteiger partial charge in [-0.15, -0.1) is 0 Å². The standard InChI is InChI=1S/C76H55N.C66H43N/c1-75(2)68-30-18-16-27-59(68)61-40-37-56(45-70(61)75)77(57-38-41-62-60-28-17-19-31-69(60)76(3,4)71(62)46-57)55-36-34-52-42-51(32-33-53(52)43-55)54-35-39-64-67(44-54)58-26-14-15-29-63(58)73-66(49-22-10-6-11-23-49)47-65(48-20-8-5-9-21-48)72(74(64)73)50-24-12-7-13-25-50;1-4-18-46(19-5-1)59-43-60(47-20-6-2-7-21-47)65-57-31-15-14-30-56(57)61-42-52(37-39-58(61)66(65)64(59)48-24-8-3-9-25-48)49-34-35-51-41-53(38-36-50(51)40-49)67(62-32-16-26-44-22-10-12-28-54(44)62)63-33-17-27-45-23-11-13-29-55(45)63/h5-47H,1-4H3;1-43H. The molecule has 0 saturated heterocycles. The largest absolute Gasteiger partial charge is 0.310 e. The first-order valence-corrected chi connectivity index (χ1v) is 50.3. The highest BCUT2D eigenvalue weighted by molar-refractivity contribution is 6.35. The van der Waals surface area contributed by atoms with E-state index in [2.05, 4.69) is 559 Å². The number of hydrogen-bond donors (Lipinski definition) is 0. The quantitative estimate of drug-likeness (QED) is 0.100. The van der Waals surface area contributed by atoms with Crippen LogP contribution in [0.2, 0.25) is 0 Å². The maximum Gasteiger partial charge on any atom is 0.0540 e. The van der Waals surface area contributed by atoms with Crippen LogP contribution in [-0.4, -0.2) is 0 Å². The summed E-state index contributed by atoms with van der Waals surface area (Å²) in [5.74, 6) is 0. The summed E-state index contributed by atoms with van der Waals surface area (Å²) in [4.78, 5) is 4.92. The van der Waals surface area contributed by atoms with Crippen molar-refractivity contribution < 1.29 is 0 Å². The van der Waals surface area contributed by atoms with Crippen LogP contribution in [0.1, 0.15) is 49.9 Å². The first-order valence-electron chi connectivity index (χ1n) is 50.3. The number of hydrogen-bond acceptors (Lipinski definition) is 2. The van der Waals surface area contributed by atoms with Gasteiger partial charge in [-0.25, -0.2) is 0 Å². The molecule has 28 rings (SSSR count). The average molecular weight is 1830 g/mol. The maximum absolute atomic E-state index is 2.49. The fourth-order valence-corrected chi connectivity index (χ4v) is 24.3. The van der Waals surface area contributed by atoms with Gasteiger partial charge in [0, 0.05) is 44.4 Å². The fraction of sp³-hybridized carbons (Fsp3) is 0.0423. The van der Waals surface area contributed by atoms with Crippen molar-refractivity contribution in [3.05, 3.63) is 544 Å². The molecule has 0 heterocycles. The van der Waals surface area contributed by atoms with Gasteiger partial charge in [0.2, 0.25) is 0 Å². The van der Waals surface area contributed by atoms with Gasteiger partial charge in [0.1, 0.15) is 0 Å². The Morgan fingerprint density at radius 2 is 0.424 bits per heavy atom. The van der Waals surface area contributed by atoms with Gasteiger partial charge in [-0.2, -0.15) is 0 Å². The molecule has 2 heteroatoms. The van der Waals surface area contributed by atoms with Gasteiger partial charge in [-0.1, -0.05) is 452 Å². The highest BCUT2D eigenvalue weighted by Gasteiger charge is 2.39. The van der Waals surface area contributed by atoms with Gasteiger partial charge in [-0.3, -0.25) is 0 Å². The van der Waals surface area contributed by atoms with Crippen LogP contribution in [0.5, 0.6) is 0 Å². The lowest BCUT2D eigenvalue weighted by atomic mass is 9.81. The molecular formula is C142H98N2. The summed E-state index contributed by atoms with van der Waals surface area (Å²) in [6.07, 6.45) is 0. The molecular weight excluding hydrogens is 1730 g/mol. The first kappa shape index (κ1) is 85.1. The minimum absolute atomic E-state index is 0.127. The van der Waals surface area contributed by atoms with Crippen molar-refractivity contribution in [2.75, 3.05) is 9.80 Å². The highest BCUT2D eigenvalue weighted by atomic mass is 15.2. The van der Waals surface area contributed by atoms with Crippen molar-refractivity contribution in [2.45, 2.75) is 38.5 Å². The third kappa shape index (κ3) is 14.1. The summed E-state index contributed by atoms with van der Waals surface area (Å²) in [5, 5.41) is 24.8. The minimum atomic E-state index is -0.127. The van der Waals surface area contributed by atoms with Crippen molar-refractivity contribution in [2.24, 2.45) is 0 Å². The van der Waals surface area contributed by atoms with E-state index in [1.54, 1.807) is 0 Å². The zero-order valence-electron chi connectivity index (χ0n) is 80.5. The second-order valence-corrected chi connectivity index (χ2v) is 40.0. The van der Waals surface area contributed by atoms with Gasteiger partial charge in [-0.05, 0) is 328 Å². The molecule has 0 N–H and O–H groups in total. The van der Waals surface area contributed by atoms with Crippen molar-refractivity contribution in [1.82, 2.24) is 0 Å². The molecule has 2 aliphatic carbocycles. The fourth-order valence-electron chi connectivity index (χ4n) is 24.3. The number of nitrogens with zero attached hydrogens (tertiary/aromatic N) is 2. The first-order chi connectivity index (χ1) is 70.9. The molecule has 144 heavy (non-hydrogen) atoms. The zero-order valence-corrected chi connectivity index (χ0v) is 80.5. The average Bonchev–Trinajstić information content (AvgIpc) is 1.09. The Morgan fingerprint density at radius 3 is 0.833 bits per heavy atom. The second kappa shape index (κ2) is 34.5. The highest BCUT2D eigenvalue weighted by Crippen LogP contribution is 2.58. The van der Waals surface area contributed by atoms with Gasteiger partial charge >= 0.3 is 0 Å². The summed E-state index contributed by atoms with van der Waals surface area (Å²) >= 11 is 0. The van der Waals surface area contributed by atoms with Gasteiger partial charge in [0.15, 0.2) is 0 Å². The van der Waals surface area contributed by atoms with Crippen LogP contribution in [0, 0.1) is 0 Å². The van der Waals surface area contributed by atoms with Crippen LogP contribution in [0.3, 0.4) is 0 Å².